The highest BCUT2D eigenvalue weighted by Gasteiger charge is 2.21. The number of pyridine rings is 1. The summed E-state index contributed by atoms with van der Waals surface area (Å²) in [5.41, 5.74) is 2.67. The van der Waals surface area contributed by atoms with Gasteiger partial charge in [0, 0.05) is 30.1 Å². The molecule has 0 aliphatic rings. The van der Waals surface area contributed by atoms with Crippen LogP contribution >= 0.6 is 0 Å². The average molecular weight is 634 g/mol. The number of nitrogens with zero attached hydrogens (tertiary/aromatic N) is 2. The van der Waals surface area contributed by atoms with E-state index in [2.05, 4.69) is 25.9 Å². The molecule has 1 heterocycles. The number of benzene rings is 2. The number of amides is 3. The monoisotopic (exact) mass is 633 g/mol. The highest BCUT2D eigenvalue weighted by molar-refractivity contribution is 6.01. The fraction of sp³-hybridized carbons (Fsp3) is 0.382. The number of nitrogens with one attached hydrogen (secondary N) is 3. The summed E-state index contributed by atoms with van der Waals surface area (Å²) in [6.07, 6.45) is 0.0778. The number of rotatable bonds is 8. The lowest BCUT2D eigenvalue weighted by Gasteiger charge is -2.22. The third-order valence-corrected chi connectivity index (χ3v) is 6.01. The number of carbonyl (C=O) groups is 3. The van der Waals surface area contributed by atoms with Crippen LogP contribution in [0.5, 0.6) is 11.5 Å². The van der Waals surface area contributed by atoms with Crippen LogP contribution in [0.1, 0.15) is 68.7 Å². The lowest BCUT2D eigenvalue weighted by atomic mass is 9.99. The third kappa shape index (κ3) is 11.8. The second-order valence-corrected chi connectivity index (χ2v) is 12.4. The maximum absolute atomic E-state index is 13.5. The van der Waals surface area contributed by atoms with Crippen molar-refractivity contribution in [3.63, 3.8) is 0 Å². The molecule has 0 fully saturated rings. The van der Waals surface area contributed by atoms with Gasteiger partial charge >= 0.3 is 12.2 Å². The number of aliphatic imine (C=N–C) groups is 1. The zero-order valence-electron chi connectivity index (χ0n) is 27.9. The third-order valence-electron chi connectivity index (χ3n) is 6.01. The highest BCUT2D eigenvalue weighted by Crippen LogP contribution is 2.25. The van der Waals surface area contributed by atoms with Crippen LogP contribution in [0.25, 0.3) is 11.1 Å². The zero-order valence-corrected chi connectivity index (χ0v) is 27.9. The van der Waals surface area contributed by atoms with Crippen LogP contribution in [-0.2, 0) is 22.6 Å². The summed E-state index contributed by atoms with van der Waals surface area (Å²) in [6.45, 7) is 12.4. The van der Waals surface area contributed by atoms with E-state index >= 15 is 0 Å². The Morgan fingerprint density at radius 2 is 1.35 bits per heavy atom. The number of aromatic nitrogens is 1. The molecule has 0 atom stereocenters. The molecule has 12 heteroatoms. The number of hydrogen-bond donors (Lipinski definition) is 3. The van der Waals surface area contributed by atoms with Gasteiger partial charge in [-0.05, 0) is 113 Å². The first-order valence-electron chi connectivity index (χ1n) is 14.6. The van der Waals surface area contributed by atoms with E-state index in [1.165, 1.54) is 0 Å². The van der Waals surface area contributed by atoms with Crippen LogP contribution in [0.15, 0.2) is 59.7 Å². The quantitative estimate of drug-likeness (QED) is 0.205. The summed E-state index contributed by atoms with van der Waals surface area (Å²) in [5.74, 6) is 0.717. The maximum Gasteiger partial charge on any atom is 0.414 e. The molecule has 3 rings (SSSR count). The molecule has 3 amide bonds. The Kier molecular flexibility index (Phi) is 11.7. The summed E-state index contributed by atoms with van der Waals surface area (Å²) in [7, 11) is 3.12. The van der Waals surface area contributed by atoms with Gasteiger partial charge in [0.25, 0.3) is 5.91 Å². The molecular weight excluding hydrogens is 590 g/mol. The SMILES string of the molecule is COc1cc(CNC(=O)c2cc(CN=C(NC(=O)OC(C)(C)C)NC(=O)OC(C)(C)C)cc(-c3ccnc(C)c3)c2)cc(OC)c1. The first-order valence-corrected chi connectivity index (χ1v) is 14.6. The van der Waals surface area contributed by atoms with Gasteiger partial charge in [0.15, 0.2) is 0 Å². The molecule has 0 aliphatic heterocycles. The van der Waals surface area contributed by atoms with E-state index in [4.69, 9.17) is 18.9 Å². The van der Waals surface area contributed by atoms with Gasteiger partial charge in [-0.15, -0.1) is 0 Å². The average Bonchev–Trinajstić information content (AvgIpc) is 2.96. The lowest BCUT2D eigenvalue weighted by Crippen LogP contribution is -2.47. The number of ether oxygens (including phenoxy) is 4. The van der Waals surface area contributed by atoms with Gasteiger partial charge in [-0.1, -0.05) is 0 Å². The van der Waals surface area contributed by atoms with Gasteiger partial charge in [0.05, 0.1) is 20.8 Å². The van der Waals surface area contributed by atoms with Crippen molar-refractivity contribution >= 4 is 24.1 Å². The van der Waals surface area contributed by atoms with Crippen LogP contribution in [0, 0.1) is 6.92 Å². The van der Waals surface area contributed by atoms with Gasteiger partial charge in [0.1, 0.15) is 22.7 Å². The normalized spacial score (nSPS) is 11.2. The standard InChI is InChI=1S/C34H43N5O7/c1-21-12-24(10-11-35-21)25-13-22(14-26(17-25)29(40)36-19-23-15-27(43-8)18-28(16-23)44-9)20-37-30(38-31(41)45-33(2,3)4)39-32(42)46-34(5,6)7/h10-18H,19-20H2,1-9H3,(H,36,40)(H2,37,38,39,41,42). The molecule has 0 saturated carbocycles. The minimum absolute atomic E-state index is 0.00774. The molecule has 0 bridgehead atoms. The Labute approximate surface area is 269 Å². The number of alkyl carbamates (subject to hydrolysis) is 2. The fourth-order valence-corrected chi connectivity index (χ4v) is 4.14. The van der Waals surface area contributed by atoms with Crippen molar-refractivity contribution in [2.24, 2.45) is 4.99 Å². The van der Waals surface area contributed by atoms with Crippen molar-refractivity contribution in [2.75, 3.05) is 14.2 Å². The Hall–Kier alpha value is -5.13. The van der Waals surface area contributed by atoms with Gasteiger partial charge in [-0.2, -0.15) is 0 Å². The molecule has 0 aliphatic carbocycles. The van der Waals surface area contributed by atoms with E-state index in [9.17, 15) is 14.4 Å². The Morgan fingerprint density at radius 1 is 0.761 bits per heavy atom. The fourth-order valence-electron chi connectivity index (χ4n) is 4.14. The van der Waals surface area contributed by atoms with E-state index < -0.39 is 23.4 Å². The topological polar surface area (TPSA) is 149 Å². The molecular formula is C34H43N5O7. The molecule has 0 saturated heterocycles. The van der Waals surface area contributed by atoms with Gasteiger partial charge in [0.2, 0.25) is 5.96 Å². The van der Waals surface area contributed by atoms with E-state index in [0.717, 1.165) is 22.4 Å². The highest BCUT2D eigenvalue weighted by atomic mass is 16.6. The molecule has 2 aromatic carbocycles. The summed E-state index contributed by atoms with van der Waals surface area (Å²) < 4.78 is 21.4. The number of aryl methyl sites for hydroxylation is 1. The number of hydrogen-bond acceptors (Lipinski definition) is 9. The summed E-state index contributed by atoms with van der Waals surface area (Å²) >= 11 is 0. The molecule has 3 aromatic rings. The summed E-state index contributed by atoms with van der Waals surface area (Å²) in [5, 5.41) is 7.91. The van der Waals surface area contributed by atoms with Crippen molar-refractivity contribution < 1.29 is 33.3 Å². The van der Waals surface area contributed by atoms with E-state index in [0.29, 0.717) is 22.6 Å². The minimum atomic E-state index is -0.808. The number of guanidine groups is 1. The van der Waals surface area contributed by atoms with Crippen LogP contribution < -0.4 is 25.4 Å². The van der Waals surface area contributed by atoms with Crippen LogP contribution in [0.3, 0.4) is 0 Å². The van der Waals surface area contributed by atoms with Gasteiger partial charge < -0.3 is 24.3 Å². The minimum Gasteiger partial charge on any atom is -0.497 e. The Bertz CT molecular complexity index is 1540. The predicted molar refractivity (Wildman–Crippen MR) is 175 cm³/mol. The Balaban J connectivity index is 1.94. The van der Waals surface area contributed by atoms with Gasteiger partial charge in [-0.3, -0.25) is 20.4 Å². The van der Waals surface area contributed by atoms with E-state index in [1.807, 2.05) is 37.3 Å². The van der Waals surface area contributed by atoms with E-state index in [-0.39, 0.29) is 25.0 Å². The van der Waals surface area contributed by atoms with E-state index in [1.54, 1.807) is 80.2 Å². The largest absolute Gasteiger partial charge is 0.497 e. The first-order chi connectivity index (χ1) is 21.5. The van der Waals surface area contributed by atoms with Crippen molar-refractivity contribution in [3.05, 3.63) is 77.1 Å². The van der Waals surface area contributed by atoms with Crippen molar-refractivity contribution in [1.29, 1.82) is 0 Å². The number of carbonyl (C=O) groups excluding carboxylic acids is 3. The summed E-state index contributed by atoms with van der Waals surface area (Å²) in [4.78, 5) is 47.3. The molecule has 0 radical (unpaired) electrons. The lowest BCUT2D eigenvalue weighted by molar-refractivity contribution is 0.0544. The van der Waals surface area contributed by atoms with Gasteiger partial charge in [-0.25, -0.2) is 14.6 Å². The second-order valence-electron chi connectivity index (χ2n) is 12.4. The predicted octanol–water partition coefficient (Wildman–Crippen LogP) is 5.91. The van der Waals surface area contributed by atoms with Crippen LogP contribution in [0.2, 0.25) is 0 Å². The molecule has 12 nitrogen and oxygen atoms in total. The molecule has 0 unspecified atom stereocenters. The molecule has 46 heavy (non-hydrogen) atoms. The summed E-state index contributed by atoms with van der Waals surface area (Å²) in [6, 6.07) is 14.5. The first kappa shape index (κ1) is 35.4. The maximum atomic E-state index is 13.5. The smallest absolute Gasteiger partial charge is 0.414 e. The van der Waals surface area contributed by atoms with Crippen LogP contribution in [0.4, 0.5) is 9.59 Å². The molecule has 246 valence electrons. The zero-order chi connectivity index (χ0) is 34.1. The molecule has 0 spiro atoms. The molecule has 1 aromatic heterocycles. The number of methoxy groups -OCH3 is 2. The van der Waals surface area contributed by atoms with Crippen molar-refractivity contribution in [3.8, 4) is 22.6 Å². The van der Waals surface area contributed by atoms with Crippen molar-refractivity contribution in [1.82, 2.24) is 20.9 Å². The second kappa shape index (κ2) is 15.2. The van der Waals surface area contributed by atoms with Crippen LogP contribution in [-0.4, -0.2) is 54.5 Å². The molecule has 3 N–H and O–H groups in total. The Morgan fingerprint density at radius 3 is 1.87 bits per heavy atom. The van der Waals surface area contributed by atoms with Crippen molar-refractivity contribution in [2.45, 2.75) is 72.8 Å².